The summed E-state index contributed by atoms with van der Waals surface area (Å²) in [6.45, 7) is 2.32. The number of likely N-dealkylation sites (N-methyl/N-ethyl adjacent to an activating group) is 1. The van der Waals surface area contributed by atoms with Gasteiger partial charge in [-0.15, -0.1) is 0 Å². The van der Waals surface area contributed by atoms with E-state index >= 15 is 0 Å². The van der Waals surface area contributed by atoms with Crippen LogP contribution in [0.3, 0.4) is 0 Å². The van der Waals surface area contributed by atoms with Crippen LogP contribution in [0.5, 0.6) is 0 Å². The minimum Gasteiger partial charge on any atom is -0.329 e. The molecule has 2 rings (SSSR count). The predicted octanol–water partition coefficient (Wildman–Crippen LogP) is 2.11. The molecule has 0 aliphatic rings. The van der Waals surface area contributed by atoms with Crippen molar-refractivity contribution < 1.29 is 4.79 Å². The monoisotopic (exact) mass is 297 g/mol. The number of hydrogen-bond donors (Lipinski definition) is 1. The highest BCUT2D eigenvalue weighted by atomic mass is 16.2. The normalized spacial score (nSPS) is 10.7. The van der Waals surface area contributed by atoms with Crippen LogP contribution in [0.4, 0.5) is 5.69 Å². The second kappa shape index (κ2) is 8.32. The van der Waals surface area contributed by atoms with E-state index in [-0.39, 0.29) is 5.91 Å². The smallest absolute Gasteiger partial charge is 0.240 e. The van der Waals surface area contributed by atoms with Crippen molar-refractivity contribution in [2.24, 2.45) is 5.73 Å². The Labute approximate surface area is 132 Å². The molecule has 0 spiro atoms. The van der Waals surface area contributed by atoms with Gasteiger partial charge in [-0.3, -0.25) is 9.69 Å². The minimum atomic E-state index is 0.0654. The molecule has 0 saturated heterocycles. The second-order valence-electron chi connectivity index (χ2n) is 5.27. The Morgan fingerprint density at radius 3 is 2.18 bits per heavy atom. The lowest BCUT2D eigenvalue weighted by Gasteiger charge is -2.25. The Kier molecular flexibility index (Phi) is 6.13. The molecule has 0 saturated carbocycles. The van der Waals surface area contributed by atoms with Crippen molar-refractivity contribution in [3.8, 4) is 0 Å². The number of carbonyl (C=O) groups excluding carboxylic acids is 1. The predicted molar refractivity (Wildman–Crippen MR) is 90.6 cm³/mol. The van der Waals surface area contributed by atoms with Gasteiger partial charge in [0.05, 0.1) is 6.54 Å². The second-order valence-corrected chi connectivity index (χ2v) is 5.27. The average molecular weight is 297 g/mol. The van der Waals surface area contributed by atoms with Crippen LogP contribution in [-0.2, 0) is 11.3 Å². The molecule has 0 aliphatic carbocycles. The topological polar surface area (TPSA) is 49.6 Å². The average Bonchev–Trinajstić information content (AvgIpc) is 2.56. The van der Waals surface area contributed by atoms with E-state index < -0.39 is 0 Å². The summed E-state index contributed by atoms with van der Waals surface area (Å²) in [5, 5.41) is 0. The molecule has 0 bridgehead atoms. The van der Waals surface area contributed by atoms with Crippen LogP contribution < -0.4 is 10.6 Å². The highest BCUT2D eigenvalue weighted by Crippen LogP contribution is 2.12. The summed E-state index contributed by atoms with van der Waals surface area (Å²) in [4.78, 5) is 16.2. The van der Waals surface area contributed by atoms with Crippen molar-refractivity contribution >= 4 is 11.6 Å². The van der Waals surface area contributed by atoms with E-state index in [1.165, 1.54) is 5.56 Å². The molecule has 0 aliphatic heterocycles. The van der Waals surface area contributed by atoms with Gasteiger partial charge in [0.25, 0.3) is 0 Å². The molecule has 0 unspecified atom stereocenters. The maximum Gasteiger partial charge on any atom is 0.240 e. The van der Waals surface area contributed by atoms with Crippen molar-refractivity contribution in [3.63, 3.8) is 0 Å². The number of nitrogens with two attached hydrogens (primary N) is 1. The molecule has 0 aromatic heterocycles. The van der Waals surface area contributed by atoms with Gasteiger partial charge in [-0.05, 0) is 17.7 Å². The zero-order valence-electron chi connectivity index (χ0n) is 13.0. The molecular formula is C18H23N3O. The lowest BCUT2D eigenvalue weighted by Crippen LogP contribution is -2.40. The SMILES string of the molecule is CN(C(=O)CN(CCN)Cc1ccccc1)c1ccccc1. The fourth-order valence-corrected chi connectivity index (χ4v) is 2.33. The maximum atomic E-state index is 12.5. The van der Waals surface area contributed by atoms with E-state index in [4.69, 9.17) is 5.73 Å². The molecule has 4 heteroatoms. The third-order valence-electron chi connectivity index (χ3n) is 3.57. The lowest BCUT2D eigenvalue weighted by molar-refractivity contribution is -0.119. The van der Waals surface area contributed by atoms with E-state index in [0.717, 1.165) is 12.2 Å². The summed E-state index contributed by atoms with van der Waals surface area (Å²) in [7, 11) is 1.81. The number of amides is 1. The number of hydrogen-bond acceptors (Lipinski definition) is 3. The highest BCUT2D eigenvalue weighted by Gasteiger charge is 2.15. The summed E-state index contributed by atoms with van der Waals surface area (Å²) in [6.07, 6.45) is 0. The molecular weight excluding hydrogens is 274 g/mol. The fourth-order valence-electron chi connectivity index (χ4n) is 2.33. The largest absolute Gasteiger partial charge is 0.329 e. The number of nitrogens with zero attached hydrogens (tertiary/aromatic N) is 2. The Morgan fingerprint density at radius 2 is 1.59 bits per heavy atom. The first-order valence-corrected chi connectivity index (χ1v) is 7.48. The van der Waals surface area contributed by atoms with Gasteiger partial charge in [-0.1, -0.05) is 48.5 Å². The van der Waals surface area contributed by atoms with Gasteiger partial charge in [0.15, 0.2) is 0 Å². The number of anilines is 1. The molecule has 2 aromatic carbocycles. The molecule has 116 valence electrons. The van der Waals surface area contributed by atoms with Crippen LogP contribution in [0.1, 0.15) is 5.56 Å². The first-order valence-electron chi connectivity index (χ1n) is 7.48. The molecule has 0 heterocycles. The van der Waals surface area contributed by atoms with Gasteiger partial charge in [0.2, 0.25) is 5.91 Å². The van der Waals surface area contributed by atoms with Crippen LogP contribution in [0.25, 0.3) is 0 Å². The molecule has 2 N–H and O–H groups in total. The summed E-state index contributed by atoms with van der Waals surface area (Å²) in [5.74, 6) is 0.0654. The number of benzene rings is 2. The molecule has 22 heavy (non-hydrogen) atoms. The van der Waals surface area contributed by atoms with Gasteiger partial charge in [-0.2, -0.15) is 0 Å². The lowest BCUT2D eigenvalue weighted by atomic mass is 10.2. The van der Waals surface area contributed by atoms with E-state index in [1.54, 1.807) is 11.9 Å². The Morgan fingerprint density at radius 1 is 1.00 bits per heavy atom. The van der Waals surface area contributed by atoms with Crippen LogP contribution >= 0.6 is 0 Å². The summed E-state index contributed by atoms with van der Waals surface area (Å²) in [6, 6.07) is 19.8. The summed E-state index contributed by atoms with van der Waals surface area (Å²) in [5.41, 5.74) is 7.77. The zero-order chi connectivity index (χ0) is 15.8. The Bertz CT molecular complexity index is 571. The molecule has 4 nitrogen and oxygen atoms in total. The number of para-hydroxylation sites is 1. The van der Waals surface area contributed by atoms with E-state index in [0.29, 0.717) is 19.6 Å². The van der Waals surface area contributed by atoms with Crippen molar-refractivity contribution in [1.29, 1.82) is 0 Å². The first kappa shape index (κ1) is 16.2. The number of rotatable bonds is 7. The Hall–Kier alpha value is -2.17. The van der Waals surface area contributed by atoms with Gasteiger partial charge < -0.3 is 10.6 Å². The third kappa shape index (κ3) is 4.69. The first-order chi connectivity index (χ1) is 10.7. The van der Waals surface area contributed by atoms with Crippen LogP contribution in [0.15, 0.2) is 60.7 Å². The molecule has 2 aromatic rings. The third-order valence-corrected chi connectivity index (χ3v) is 3.57. The Balaban J connectivity index is 1.99. The van der Waals surface area contributed by atoms with Crippen molar-refractivity contribution in [2.45, 2.75) is 6.54 Å². The molecule has 0 fully saturated rings. The van der Waals surface area contributed by atoms with Crippen molar-refractivity contribution in [3.05, 3.63) is 66.2 Å². The van der Waals surface area contributed by atoms with Crippen molar-refractivity contribution in [1.82, 2.24) is 4.90 Å². The van der Waals surface area contributed by atoms with E-state index in [9.17, 15) is 4.79 Å². The van der Waals surface area contributed by atoms with Crippen LogP contribution in [-0.4, -0.2) is 37.5 Å². The molecule has 0 radical (unpaired) electrons. The van der Waals surface area contributed by atoms with Gasteiger partial charge in [0.1, 0.15) is 0 Å². The standard InChI is InChI=1S/C18H23N3O/c1-20(17-10-6-3-7-11-17)18(22)15-21(13-12-19)14-16-8-4-2-5-9-16/h2-11H,12-15,19H2,1H3. The minimum absolute atomic E-state index is 0.0654. The summed E-state index contributed by atoms with van der Waals surface area (Å²) < 4.78 is 0. The molecule has 0 atom stereocenters. The molecule has 1 amide bonds. The highest BCUT2D eigenvalue weighted by molar-refractivity contribution is 5.94. The van der Waals surface area contributed by atoms with E-state index in [1.807, 2.05) is 48.5 Å². The van der Waals surface area contributed by atoms with Gasteiger partial charge in [-0.25, -0.2) is 0 Å². The summed E-state index contributed by atoms with van der Waals surface area (Å²) >= 11 is 0. The van der Waals surface area contributed by atoms with Crippen LogP contribution in [0, 0.1) is 0 Å². The van der Waals surface area contributed by atoms with Crippen molar-refractivity contribution in [2.75, 3.05) is 31.6 Å². The maximum absolute atomic E-state index is 12.5. The zero-order valence-corrected chi connectivity index (χ0v) is 13.0. The fraction of sp³-hybridized carbons (Fsp3) is 0.278. The van der Waals surface area contributed by atoms with E-state index in [2.05, 4.69) is 17.0 Å². The van der Waals surface area contributed by atoms with Crippen LogP contribution in [0.2, 0.25) is 0 Å². The quantitative estimate of drug-likeness (QED) is 0.851. The van der Waals surface area contributed by atoms with Gasteiger partial charge in [0, 0.05) is 32.4 Å². The number of carbonyl (C=O) groups is 1. The van der Waals surface area contributed by atoms with Gasteiger partial charge >= 0.3 is 0 Å².